The van der Waals surface area contributed by atoms with Crippen LogP contribution in [-0.4, -0.2) is 41.1 Å². The van der Waals surface area contributed by atoms with Crippen molar-refractivity contribution in [3.8, 4) is 5.88 Å². The van der Waals surface area contributed by atoms with E-state index in [1.807, 2.05) is 0 Å². The van der Waals surface area contributed by atoms with Gasteiger partial charge in [0.25, 0.3) is 11.8 Å². The molecule has 1 N–H and O–H groups in total. The average Bonchev–Trinajstić information content (AvgIpc) is 3.01. The van der Waals surface area contributed by atoms with Gasteiger partial charge in [0.2, 0.25) is 0 Å². The maximum atomic E-state index is 11.8. The Morgan fingerprint density at radius 2 is 2.48 bits per heavy atom. The molecule has 0 unspecified atom stereocenters. The Morgan fingerprint density at radius 1 is 1.62 bits per heavy atom. The van der Waals surface area contributed by atoms with Crippen molar-refractivity contribution in [3.05, 3.63) is 22.4 Å². The first kappa shape index (κ1) is 14.0. The fourth-order valence-corrected chi connectivity index (χ4v) is 3.19. The van der Waals surface area contributed by atoms with E-state index >= 15 is 0 Å². The lowest BCUT2D eigenvalue weighted by Crippen LogP contribution is -2.25. The van der Waals surface area contributed by atoms with Crippen LogP contribution in [0.2, 0.25) is 0 Å². The highest BCUT2D eigenvalue weighted by molar-refractivity contribution is 7.15. The molecule has 0 saturated carbocycles. The summed E-state index contributed by atoms with van der Waals surface area (Å²) < 4.78 is 10.1. The second-order valence-corrected chi connectivity index (χ2v) is 6.07. The van der Waals surface area contributed by atoms with Gasteiger partial charge in [-0.2, -0.15) is 0 Å². The zero-order chi connectivity index (χ0) is 14.8. The first-order chi connectivity index (χ1) is 10.1. The van der Waals surface area contributed by atoms with Gasteiger partial charge in [0.15, 0.2) is 11.7 Å². The summed E-state index contributed by atoms with van der Waals surface area (Å²) in [6, 6.07) is 1.63. The van der Waals surface area contributed by atoms with E-state index in [9.17, 15) is 4.79 Å². The number of fused-ring (bicyclic) bond motifs is 1. The van der Waals surface area contributed by atoms with Gasteiger partial charge in [-0.1, -0.05) is 0 Å². The van der Waals surface area contributed by atoms with Crippen molar-refractivity contribution in [2.45, 2.75) is 19.9 Å². The van der Waals surface area contributed by atoms with E-state index in [1.165, 1.54) is 16.2 Å². The minimum Gasteiger partial charge on any atom is -0.465 e. The molecule has 7 nitrogen and oxygen atoms in total. The molecule has 1 aliphatic heterocycles. The van der Waals surface area contributed by atoms with E-state index in [0.29, 0.717) is 16.8 Å². The molecule has 0 spiro atoms. The van der Waals surface area contributed by atoms with Gasteiger partial charge in [0, 0.05) is 30.5 Å². The molecular formula is C13H16N4O3S. The molecule has 0 aliphatic carbocycles. The number of thiazole rings is 1. The number of hydrogen-bond acceptors (Lipinski definition) is 7. The predicted molar refractivity (Wildman–Crippen MR) is 77.5 cm³/mol. The van der Waals surface area contributed by atoms with Gasteiger partial charge in [-0.05, 0) is 19.1 Å². The molecule has 2 aromatic heterocycles. The SMILES string of the molecule is Cc1cc(OCC(=O)Nc2nc3c(s2)CN(C)CC3)no1. The summed E-state index contributed by atoms with van der Waals surface area (Å²) in [6.45, 7) is 3.53. The molecule has 0 fully saturated rings. The quantitative estimate of drug-likeness (QED) is 0.920. The number of amides is 1. The Labute approximate surface area is 125 Å². The minimum atomic E-state index is -0.255. The molecule has 0 atom stereocenters. The van der Waals surface area contributed by atoms with E-state index in [1.54, 1.807) is 13.0 Å². The zero-order valence-corrected chi connectivity index (χ0v) is 12.7. The molecular weight excluding hydrogens is 292 g/mol. The van der Waals surface area contributed by atoms with Crippen LogP contribution < -0.4 is 10.1 Å². The van der Waals surface area contributed by atoms with E-state index in [4.69, 9.17) is 9.26 Å². The normalized spacial score (nSPS) is 14.8. The molecule has 3 heterocycles. The molecule has 21 heavy (non-hydrogen) atoms. The summed E-state index contributed by atoms with van der Waals surface area (Å²) in [5.41, 5.74) is 1.08. The summed E-state index contributed by atoms with van der Waals surface area (Å²) in [5.74, 6) is 0.694. The number of likely N-dealkylation sites (N-methyl/N-ethyl adjacent to an activating group) is 1. The molecule has 1 amide bonds. The molecule has 3 rings (SSSR count). The first-order valence-electron chi connectivity index (χ1n) is 6.63. The van der Waals surface area contributed by atoms with Gasteiger partial charge in [0.1, 0.15) is 5.76 Å². The largest absolute Gasteiger partial charge is 0.465 e. The third-order valence-electron chi connectivity index (χ3n) is 3.13. The lowest BCUT2D eigenvalue weighted by atomic mass is 10.2. The van der Waals surface area contributed by atoms with E-state index in [2.05, 4.69) is 27.4 Å². The summed E-state index contributed by atoms with van der Waals surface area (Å²) in [6.07, 6.45) is 0.924. The Bertz CT molecular complexity index is 652. The van der Waals surface area contributed by atoms with Gasteiger partial charge in [-0.3, -0.25) is 10.1 Å². The second kappa shape index (κ2) is 5.82. The molecule has 2 aromatic rings. The number of nitrogens with zero attached hydrogens (tertiary/aromatic N) is 3. The van der Waals surface area contributed by atoms with Crippen molar-refractivity contribution in [1.29, 1.82) is 0 Å². The van der Waals surface area contributed by atoms with Gasteiger partial charge < -0.3 is 14.2 Å². The zero-order valence-electron chi connectivity index (χ0n) is 11.9. The Kier molecular flexibility index (Phi) is 3.89. The van der Waals surface area contributed by atoms with Crippen LogP contribution in [0.25, 0.3) is 0 Å². The standard InChI is InChI=1S/C13H16N4O3S/c1-8-5-12(16-20-8)19-7-11(18)15-13-14-9-3-4-17(2)6-10(9)21-13/h5H,3-4,6-7H2,1-2H3,(H,14,15,18). The minimum absolute atomic E-state index is 0.115. The summed E-state index contributed by atoms with van der Waals surface area (Å²) in [7, 11) is 2.08. The van der Waals surface area contributed by atoms with Crippen molar-refractivity contribution < 1.29 is 14.1 Å². The number of carbonyl (C=O) groups is 1. The maximum absolute atomic E-state index is 11.8. The van der Waals surface area contributed by atoms with Crippen molar-refractivity contribution in [3.63, 3.8) is 0 Å². The number of aryl methyl sites for hydroxylation is 1. The number of nitrogens with one attached hydrogen (secondary N) is 1. The number of aromatic nitrogens is 2. The highest BCUT2D eigenvalue weighted by atomic mass is 32.1. The molecule has 0 radical (unpaired) electrons. The number of anilines is 1. The molecule has 1 aliphatic rings. The highest BCUT2D eigenvalue weighted by Gasteiger charge is 2.19. The topological polar surface area (TPSA) is 80.5 Å². The van der Waals surface area contributed by atoms with E-state index in [-0.39, 0.29) is 12.5 Å². The van der Waals surface area contributed by atoms with Gasteiger partial charge in [-0.25, -0.2) is 4.98 Å². The van der Waals surface area contributed by atoms with Gasteiger partial charge in [-0.15, -0.1) is 11.3 Å². The van der Waals surface area contributed by atoms with Crippen molar-refractivity contribution in [1.82, 2.24) is 15.0 Å². The van der Waals surface area contributed by atoms with Crippen LogP contribution in [-0.2, 0) is 17.8 Å². The fraction of sp³-hybridized carbons (Fsp3) is 0.462. The van der Waals surface area contributed by atoms with Crippen LogP contribution in [0.3, 0.4) is 0 Å². The van der Waals surface area contributed by atoms with Crippen molar-refractivity contribution in [2.75, 3.05) is 25.5 Å². The second-order valence-electron chi connectivity index (χ2n) is 4.99. The lowest BCUT2D eigenvalue weighted by Gasteiger charge is -2.20. The van der Waals surface area contributed by atoms with Crippen LogP contribution in [0.15, 0.2) is 10.6 Å². The van der Waals surface area contributed by atoms with Gasteiger partial charge in [0.05, 0.1) is 5.69 Å². The predicted octanol–water partition coefficient (Wildman–Crippen LogP) is 1.44. The fourth-order valence-electron chi connectivity index (χ4n) is 2.08. The van der Waals surface area contributed by atoms with Crippen LogP contribution in [0.5, 0.6) is 5.88 Å². The van der Waals surface area contributed by atoms with Crippen LogP contribution in [0.4, 0.5) is 5.13 Å². The smallest absolute Gasteiger partial charge is 0.264 e. The lowest BCUT2D eigenvalue weighted by molar-refractivity contribution is -0.118. The molecule has 0 aromatic carbocycles. The summed E-state index contributed by atoms with van der Waals surface area (Å²) >= 11 is 1.52. The van der Waals surface area contributed by atoms with Crippen LogP contribution >= 0.6 is 11.3 Å². The van der Waals surface area contributed by atoms with Crippen LogP contribution in [0.1, 0.15) is 16.3 Å². The van der Waals surface area contributed by atoms with Crippen LogP contribution in [0, 0.1) is 6.92 Å². The maximum Gasteiger partial charge on any atom is 0.264 e. The van der Waals surface area contributed by atoms with Gasteiger partial charge >= 0.3 is 0 Å². The monoisotopic (exact) mass is 308 g/mol. The number of ether oxygens (including phenoxy) is 1. The third kappa shape index (κ3) is 3.40. The Balaban J connectivity index is 1.55. The third-order valence-corrected chi connectivity index (χ3v) is 4.12. The number of rotatable bonds is 4. The highest BCUT2D eigenvalue weighted by Crippen LogP contribution is 2.27. The molecule has 0 saturated heterocycles. The molecule has 8 heteroatoms. The first-order valence-corrected chi connectivity index (χ1v) is 7.45. The van der Waals surface area contributed by atoms with E-state index < -0.39 is 0 Å². The van der Waals surface area contributed by atoms with Crippen molar-refractivity contribution >= 4 is 22.4 Å². The summed E-state index contributed by atoms with van der Waals surface area (Å²) in [4.78, 5) is 19.7. The number of carbonyl (C=O) groups excluding carboxylic acids is 1. The molecule has 0 bridgehead atoms. The van der Waals surface area contributed by atoms with Crippen molar-refractivity contribution in [2.24, 2.45) is 0 Å². The summed E-state index contributed by atoms with van der Waals surface area (Å²) in [5, 5.41) is 7.04. The average molecular weight is 308 g/mol. The Morgan fingerprint density at radius 3 is 3.24 bits per heavy atom. The molecule has 112 valence electrons. The Hall–Kier alpha value is -1.93. The van der Waals surface area contributed by atoms with E-state index in [0.717, 1.165) is 25.2 Å². The number of hydrogen-bond donors (Lipinski definition) is 1.